The topological polar surface area (TPSA) is 24.9 Å². The lowest BCUT2D eigenvalue weighted by atomic mass is 10.2. The number of anilines is 2. The van der Waals surface area contributed by atoms with E-state index in [-0.39, 0.29) is 0 Å². The monoisotopic (exact) mass is 318 g/mol. The van der Waals surface area contributed by atoms with Crippen LogP contribution in [0.2, 0.25) is 0 Å². The number of hydrogen-bond donors (Lipinski definition) is 1. The molecule has 0 saturated carbocycles. The number of aryl methyl sites for hydroxylation is 1. The second kappa shape index (κ2) is 4.71. The number of hydrogen-bond acceptors (Lipinski definition) is 3. The first-order valence-corrected chi connectivity index (χ1v) is 7.26. The molecule has 1 N–H and O–H groups in total. The molecule has 2 heterocycles. The van der Waals surface area contributed by atoms with Gasteiger partial charge in [0.2, 0.25) is 0 Å². The van der Waals surface area contributed by atoms with Gasteiger partial charge in [-0.3, -0.25) is 0 Å². The van der Waals surface area contributed by atoms with Crippen molar-refractivity contribution in [2.75, 3.05) is 5.32 Å². The van der Waals surface area contributed by atoms with Gasteiger partial charge >= 0.3 is 0 Å². The van der Waals surface area contributed by atoms with Crippen LogP contribution in [0.5, 0.6) is 0 Å². The number of halogens is 1. The summed E-state index contributed by atoms with van der Waals surface area (Å²) >= 11 is 5.21. The maximum absolute atomic E-state index is 4.35. The van der Waals surface area contributed by atoms with Crippen LogP contribution in [0.1, 0.15) is 5.56 Å². The highest BCUT2D eigenvalue weighted by Crippen LogP contribution is 2.26. The van der Waals surface area contributed by atoms with E-state index in [4.69, 9.17) is 0 Å². The Hall–Kier alpha value is -1.39. The average molecular weight is 319 g/mol. The summed E-state index contributed by atoms with van der Waals surface area (Å²) in [5.74, 6) is 0.866. The van der Waals surface area contributed by atoms with E-state index in [9.17, 15) is 0 Å². The van der Waals surface area contributed by atoms with Crippen LogP contribution in [0.15, 0.2) is 46.4 Å². The molecule has 90 valence electrons. The van der Waals surface area contributed by atoms with Crippen molar-refractivity contribution < 1.29 is 0 Å². The Bertz CT molecular complexity index is 706. The quantitative estimate of drug-likeness (QED) is 0.710. The van der Waals surface area contributed by atoms with Crippen LogP contribution in [0.3, 0.4) is 0 Å². The van der Waals surface area contributed by atoms with Gasteiger partial charge < -0.3 is 5.32 Å². The third-order valence-electron chi connectivity index (χ3n) is 2.77. The van der Waals surface area contributed by atoms with Gasteiger partial charge in [-0.25, -0.2) is 4.98 Å². The Morgan fingerprint density at radius 1 is 1.22 bits per heavy atom. The zero-order chi connectivity index (χ0) is 12.5. The van der Waals surface area contributed by atoms with E-state index < -0.39 is 0 Å². The lowest BCUT2D eigenvalue weighted by molar-refractivity contribution is 1.25. The molecule has 2 aromatic heterocycles. The lowest BCUT2D eigenvalue weighted by Gasteiger charge is -2.07. The van der Waals surface area contributed by atoms with Crippen LogP contribution in [-0.4, -0.2) is 4.98 Å². The Morgan fingerprint density at radius 2 is 2.11 bits per heavy atom. The molecule has 0 spiro atoms. The molecule has 0 atom stereocenters. The largest absolute Gasteiger partial charge is 0.340 e. The third-order valence-corrected chi connectivity index (χ3v) is 4.50. The number of aromatic nitrogens is 1. The van der Waals surface area contributed by atoms with E-state index in [1.165, 1.54) is 15.6 Å². The van der Waals surface area contributed by atoms with Gasteiger partial charge in [-0.05, 0) is 69.5 Å². The third kappa shape index (κ3) is 2.26. The average Bonchev–Trinajstić information content (AvgIpc) is 2.81. The smallest absolute Gasteiger partial charge is 0.130 e. The molecule has 3 rings (SSSR count). The van der Waals surface area contributed by atoms with Gasteiger partial charge in [-0.2, -0.15) is 0 Å². The molecule has 0 fully saturated rings. The number of thiophene rings is 1. The van der Waals surface area contributed by atoms with Gasteiger partial charge in [0.05, 0.1) is 0 Å². The van der Waals surface area contributed by atoms with Gasteiger partial charge in [-0.15, -0.1) is 11.3 Å². The number of fused-ring (bicyclic) bond motifs is 1. The van der Waals surface area contributed by atoms with Crippen LogP contribution in [0, 0.1) is 6.92 Å². The molecule has 1 aromatic carbocycles. The van der Waals surface area contributed by atoms with Gasteiger partial charge in [0, 0.05) is 21.1 Å². The molecular weight excluding hydrogens is 308 g/mol. The molecule has 0 aliphatic heterocycles. The van der Waals surface area contributed by atoms with Crippen LogP contribution in [0.25, 0.3) is 10.1 Å². The summed E-state index contributed by atoms with van der Waals surface area (Å²) in [7, 11) is 0. The molecule has 2 nitrogen and oxygen atoms in total. The van der Waals surface area contributed by atoms with E-state index in [2.05, 4.69) is 62.8 Å². The van der Waals surface area contributed by atoms with Crippen LogP contribution in [-0.2, 0) is 0 Å². The van der Waals surface area contributed by atoms with Gasteiger partial charge in [-0.1, -0.05) is 0 Å². The molecule has 0 unspecified atom stereocenters. The maximum atomic E-state index is 4.35. The molecule has 18 heavy (non-hydrogen) atoms. The molecule has 0 radical (unpaired) electrons. The summed E-state index contributed by atoms with van der Waals surface area (Å²) in [4.78, 5) is 4.35. The van der Waals surface area contributed by atoms with Crippen molar-refractivity contribution in [2.45, 2.75) is 6.92 Å². The normalized spacial score (nSPS) is 10.8. The number of nitrogens with zero attached hydrogens (tertiary/aromatic N) is 1. The standard InChI is InChI=1S/C14H11BrN2S/c1-9-6-14(16-8-12(9)15)17-11-2-3-13-10(7-11)4-5-18-13/h2-8H,1H3,(H,16,17). The Kier molecular flexibility index (Phi) is 3.06. The van der Waals surface area contributed by atoms with Crippen molar-refractivity contribution in [2.24, 2.45) is 0 Å². The molecule has 0 saturated heterocycles. The first-order chi connectivity index (χ1) is 8.72. The first kappa shape index (κ1) is 11.7. The van der Waals surface area contributed by atoms with E-state index in [0.717, 1.165) is 16.0 Å². The molecule has 0 aliphatic rings. The predicted molar refractivity (Wildman–Crippen MR) is 81.8 cm³/mol. The van der Waals surface area contributed by atoms with E-state index >= 15 is 0 Å². The highest BCUT2D eigenvalue weighted by Gasteiger charge is 2.01. The predicted octanol–water partition coefficient (Wildman–Crippen LogP) is 5.11. The van der Waals surface area contributed by atoms with E-state index in [0.29, 0.717) is 0 Å². The second-order valence-corrected chi connectivity index (χ2v) is 5.92. The van der Waals surface area contributed by atoms with E-state index in [1.54, 1.807) is 11.3 Å². The zero-order valence-electron chi connectivity index (χ0n) is 9.77. The molecule has 0 amide bonds. The molecule has 3 aromatic rings. The Balaban J connectivity index is 1.92. The molecule has 0 aliphatic carbocycles. The molecule has 0 bridgehead atoms. The van der Waals surface area contributed by atoms with Crippen molar-refractivity contribution in [1.82, 2.24) is 4.98 Å². The van der Waals surface area contributed by atoms with Gasteiger partial charge in [0.25, 0.3) is 0 Å². The number of nitrogens with one attached hydrogen (secondary N) is 1. The fraction of sp³-hybridized carbons (Fsp3) is 0.0714. The minimum atomic E-state index is 0.866. The van der Waals surface area contributed by atoms with E-state index in [1.807, 2.05) is 12.3 Å². The lowest BCUT2D eigenvalue weighted by Crippen LogP contribution is -1.93. The van der Waals surface area contributed by atoms with Crippen molar-refractivity contribution in [3.05, 3.63) is 51.9 Å². The fourth-order valence-electron chi connectivity index (χ4n) is 1.80. The Labute approximate surface area is 118 Å². The first-order valence-electron chi connectivity index (χ1n) is 5.59. The number of pyridine rings is 1. The highest BCUT2D eigenvalue weighted by atomic mass is 79.9. The van der Waals surface area contributed by atoms with Crippen molar-refractivity contribution in [3.63, 3.8) is 0 Å². The van der Waals surface area contributed by atoms with Crippen LogP contribution < -0.4 is 5.32 Å². The second-order valence-electron chi connectivity index (χ2n) is 4.12. The van der Waals surface area contributed by atoms with Gasteiger partial charge in [0.1, 0.15) is 5.82 Å². The van der Waals surface area contributed by atoms with Crippen molar-refractivity contribution >= 4 is 48.9 Å². The van der Waals surface area contributed by atoms with Crippen LogP contribution in [0.4, 0.5) is 11.5 Å². The highest BCUT2D eigenvalue weighted by molar-refractivity contribution is 9.10. The van der Waals surface area contributed by atoms with Crippen molar-refractivity contribution in [1.29, 1.82) is 0 Å². The SMILES string of the molecule is Cc1cc(Nc2ccc3sccc3c2)ncc1Br. The van der Waals surface area contributed by atoms with Gasteiger partial charge in [0.15, 0.2) is 0 Å². The zero-order valence-corrected chi connectivity index (χ0v) is 12.2. The summed E-state index contributed by atoms with van der Waals surface area (Å²) in [5, 5.41) is 6.70. The molecular formula is C14H11BrN2S. The number of rotatable bonds is 2. The van der Waals surface area contributed by atoms with Crippen molar-refractivity contribution in [3.8, 4) is 0 Å². The minimum absolute atomic E-state index is 0.866. The summed E-state index contributed by atoms with van der Waals surface area (Å²) in [6, 6.07) is 10.5. The Morgan fingerprint density at radius 3 is 2.94 bits per heavy atom. The summed E-state index contributed by atoms with van der Waals surface area (Å²) in [6.07, 6.45) is 1.82. The summed E-state index contributed by atoms with van der Waals surface area (Å²) < 4.78 is 2.34. The summed E-state index contributed by atoms with van der Waals surface area (Å²) in [6.45, 7) is 2.05. The molecule has 4 heteroatoms. The van der Waals surface area contributed by atoms with Crippen LogP contribution >= 0.6 is 27.3 Å². The summed E-state index contributed by atoms with van der Waals surface area (Å²) in [5.41, 5.74) is 2.24. The fourth-order valence-corrected chi connectivity index (χ4v) is 2.79. The number of benzene rings is 1. The minimum Gasteiger partial charge on any atom is -0.340 e. The maximum Gasteiger partial charge on any atom is 0.130 e.